The van der Waals surface area contributed by atoms with Gasteiger partial charge in [0.25, 0.3) is 0 Å². The summed E-state index contributed by atoms with van der Waals surface area (Å²) in [4.78, 5) is 19.6. The van der Waals surface area contributed by atoms with E-state index in [0.717, 1.165) is 36.5 Å². The number of H-pyrrole nitrogens is 1. The second-order valence-corrected chi connectivity index (χ2v) is 9.20. The number of aromatic nitrogens is 4. The molecule has 0 saturated carbocycles. The first-order valence-electron chi connectivity index (χ1n) is 10.2. The summed E-state index contributed by atoms with van der Waals surface area (Å²) in [6.07, 6.45) is 0.424. The van der Waals surface area contributed by atoms with Gasteiger partial charge in [-0.1, -0.05) is 23.8 Å². The van der Waals surface area contributed by atoms with E-state index in [0.29, 0.717) is 15.7 Å². The van der Waals surface area contributed by atoms with Crippen LogP contribution >= 0.6 is 23.6 Å². The molecule has 0 radical (unpaired) electrons. The summed E-state index contributed by atoms with van der Waals surface area (Å²) in [5, 5.41) is 12.6. The molecule has 2 N–H and O–H groups in total. The van der Waals surface area contributed by atoms with Crippen molar-refractivity contribution in [3.8, 4) is 11.4 Å². The van der Waals surface area contributed by atoms with Crippen molar-refractivity contribution in [2.45, 2.75) is 46.1 Å². The van der Waals surface area contributed by atoms with Crippen molar-refractivity contribution in [1.29, 1.82) is 0 Å². The van der Waals surface area contributed by atoms with Crippen molar-refractivity contribution in [1.82, 2.24) is 24.6 Å². The summed E-state index contributed by atoms with van der Waals surface area (Å²) >= 11 is 6.77. The number of morpholine rings is 1. The molecular weight excluding hydrogens is 432 g/mol. The van der Waals surface area contributed by atoms with Gasteiger partial charge in [-0.05, 0) is 39.1 Å². The quantitative estimate of drug-likeness (QED) is 0.549. The van der Waals surface area contributed by atoms with Crippen LogP contribution in [0.4, 0.5) is 5.13 Å². The molecule has 0 spiro atoms. The highest BCUT2D eigenvalue weighted by Crippen LogP contribution is 2.21. The lowest BCUT2D eigenvalue weighted by molar-refractivity contribution is -0.116. The van der Waals surface area contributed by atoms with Crippen LogP contribution in [0, 0.1) is 11.7 Å². The van der Waals surface area contributed by atoms with Gasteiger partial charge in [0, 0.05) is 30.6 Å². The average Bonchev–Trinajstić information content (AvgIpc) is 3.27. The number of carbonyl (C=O) groups excluding carboxylic acids is 1. The lowest BCUT2D eigenvalue weighted by atomic mass is 10.1. The number of hydrogen-bond donors (Lipinski definition) is 2. The molecule has 10 heteroatoms. The highest BCUT2D eigenvalue weighted by atomic mass is 32.1. The van der Waals surface area contributed by atoms with Gasteiger partial charge in [0.15, 0.2) is 15.7 Å². The average molecular weight is 459 g/mol. The number of aryl methyl sites for hydroxylation is 1. The minimum absolute atomic E-state index is 0.0615. The Kier molecular flexibility index (Phi) is 6.61. The molecule has 0 aliphatic carbocycles. The number of rotatable bonds is 6. The van der Waals surface area contributed by atoms with Crippen molar-refractivity contribution >= 4 is 34.6 Å². The van der Waals surface area contributed by atoms with Gasteiger partial charge >= 0.3 is 0 Å². The maximum atomic E-state index is 12.7. The molecule has 4 rings (SSSR count). The van der Waals surface area contributed by atoms with Gasteiger partial charge in [-0.2, -0.15) is 5.10 Å². The van der Waals surface area contributed by atoms with E-state index >= 15 is 0 Å². The minimum Gasteiger partial charge on any atom is -0.373 e. The van der Waals surface area contributed by atoms with Crippen LogP contribution in [0.2, 0.25) is 0 Å². The zero-order chi connectivity index (χ0) is 22.0. The summed E-state index contributed by atoms with van der Waals surface area (Å²) in [5.41, 5.74) is 2.97. The monoisotopic (exact) mass is 458 g/mol. The van der Waals surface area contributed by atoms with E-state index in [-0.39, 0.29) is 24.7 Å². The SMILES string of the molecule is Cc1cccc(-c2n[nH]c(=S)n2CC(=O)Nc2nc(CN3CC(C)OC(C)C3)cs2)c1. The topological polar surface area (TPSA) is 88.1 Å². The van der Waals surface area contributed by atoms with E-state index < -0.39 is 0 Å². The van der Waals surface area contributed by atoms with Gasteiger partial charge in [0.2, 0.25) is 5.91 Å². The fourth-order valence-corrected chi connectivity index (χ4v) is 4.77. The van der Waals surface area contributed by atoms with Gasteiger partial charge in [-0.15, -0.1) is 11.3 Å². The summed E-state index contributed by atoms with van der Waals surface area (Å²) in [6, 6.07) is 7.94. The lowest BCUT2D eigenvalue weighted by Gasteiger charge is -2.34. The molecule has 8 nitrogen and oxygen atoms in total. The summed E-state index contributed by atoms with van der Waals surface area (Å²) in [7, 11) is 0. The Morgan fingerprint density at radius 3 is 2.87 bits per heavy atom. The molecule has 31 heavy (non-hydrogen) atoms. The van der Waals surface area contributed by atoms with Crippen LogP contribution in [0.5, 0.6) is 0 Å². The Balaban J connectivity index is 1.40. The molecule has 1 fully saturated rings. The number of carbonyl (C=O) groups is 1. The Morgan fingerprint density at radius 1 is 1.35 bits per heavy atom. The van der Waals surface area contributed by atoms with E-state index in [9.17, 15) is 4.79 Å². The molecule has 3 aromatic rings. The summed E-state index contributed by atoms with van der Waals surface area (Å²) in [6.45, 7) is 8.75. The molecule has 0 bridgehead atoms. The third-order valence-corrected chi connectivity index (χ3v) is 6.13. The fourth-order valence-electron chi connectivity index (χ4n) is 3.85. The molecule has 164 valence electrons. The highest BCUT2D eigenvalue weighted by Gasteiger charge is 2.23. The lowest BCUT2D eigenvalue weighted by Crippen LogP contribution is -2.44. The standard InChI is InChI=1S/C21H26N6O2S2/c1-13-5-4-6-16(7-13)19-24-25-21(30)27(19)11-18(28)23-20-22-17(12-31-20)10-26-8-14(2)29-15(3)9-26/h4-7,12,14-15H,8-11H2,1-3H3,(H,25,30)(H,22,23,28). The number of thiazole rings is 1. The smallest absolute Gasteiger partial charge is 0.246 e. The zero-order valence-corrected chi connectivity index (χ0v) is 19.4. The molecule has 1 aromatic carbocycles. The summed E-state index contributed by atoms with van der Waals surface area (Å²) < 4.78 is 7.89. The van der Waals surface area contributed by atoms with E-state index in [1.807, 2.05) is 36.6 Å². The van der Waals surface area contributed by atoms with Gasteiger partial charge in [-0.25, -0.2) is 4.98 Å². The van der Waals surface area contributed by atoms with Crippen LogP contribution in [0.25, 0.3) is 11.4 Å². The normalized spacial score (nSPS) is 19.5. The highest BCUT2D eigenvalue weighted by molar-refractivity contribution is 7.71. The van der Waals surface area contributed by atoms with Crippen LogP contribution in [0.15, 0.2) is 29.6 Å². The predicted molar refractivity (Wildman–Crippen MR) is 124 cm³/mol. The van der Waals surface area contributed by atoms with Gasteiger partial charge in [-0.3, -0.25) is 19.4 Å². The third-order valence-electron chi connectivity index (χ3n) is 5.02. The maximum Gasteiger partial charge on any atom is 0.246 e. The van der Waals surface area contributed by atoms with Crippen LogP contribution in [-0.2, 0) is 22.6 Å². The molecule has 2 atom stereocenters. The van der Waals surface area contributed by atoms with Crippen molar-refractivity contribution in [2.75, 3.05) is 18.4 Å². The Hall–Kier alpha value is -2.40. The minimum atomic E-state index is -0.194. The molecule has 2 aromatic heterocycles. The second-order valence-electron chi connectivity index (χ2n) is 7.95. The zero-order valence-electron chi connectivity index (χ0n) is 17.8. The Morgan fingerprint density at radius 2 is 2.13 bits per heavy atom. The molecule has 1 amide bonds. The van der Waals surface area contributed by atoms with Crippen LogP contribution in [0.1, 0.15) is 25.1 Å². The van der Waals surface area contributed by atoms with Crippen molar-refractivity contribution in [3.63, 3.8) is 0 Å². The van der Waals surface area contributed by atoms with Crippen LogP contribution in [-0.4, -0.2) is 55.9 Å². The molecule has 1 aliphatic heterocycles. The number of hydrogen-bond acceptors (Lipinski definition) is 7. The van der Waals surface area contributed by atoms with Crippen molar-refractivity contribution < 1.29 is 9.53 Å². The van der Waals surface area contributed by atoms with Crippen molar-refractivity contribution in [3.05, 3.63) is 45.7 Å². The van der Waals surface area contributed by atoms with Gasteiger partial charge < -0.3 is 10.1 Å². The predicted octanol–water partition coefficient (Wildman–Crippen LogP) is 3.62. The molecule has 2 unspecified atom stereocenters. The first kappa shape index (κ1) is 21.8. The Labute approximate surface area is 190 Å². The van der Waals surface area contributed by atoms with Gasteiger partial charge in [0.05, 0.1) is 17.9 Å². The number of nitrogens with zero attached hydrogens (tertiary/aromatic N) is 4. The third kappa shape index (κ3) is 5.45. The number of aromatic amines is 1. The molecule has 3 heterocycles. The number of anilines is 1. The summed E-state index contributed by atoms with van der Waals surface area (Å²) in [5.74, 6) is 0.445. The molecule has 1 aliphatic rings. The second kappa shape index (κ2) is 9.39. The van der Waals surface area contributed by atoms with Crippen LogP contribution in [0.3, 0.4) is 0 Å². The van der Waals surface area contributed by atoms with Crippen LogP contribution < -0.4 is 5.32 Å². The maximum absolute atomic E-state index is 12.7. The van der Waals surface area contributed by atoms with Crippen molar-refractivity contribution in [2.24, 2.45) is 0 Å². The Bertz CT molecular complexity index is 1110. The number of nitrogens with one attached hydrogen (secondary N) is 2. The first-order valence-corrected chi connectivity index (χ1v) is 11.5. The van der Waals surface area contributed by atoms with E-state index in [2.05, 4.69) is 39.2 Å². The van der Waals surface area contributed by atoms with Gasteiger partial charge in [0.1, 0.15) is 6.54 Å². The fraction of sp³-hybridized carbons (Fsp3) is 0.429. The van der Waals surface area contributed by atoms with E-state index in [4.69, 9.17) is 17.0 Å². The largest absolute Gasteiger partial charge is 0.373 e. The van der Waals surface area contributed by atoms with E-state index in [1.165, 1.54) is 11.3 Å². The first-order chi connectivity index (χ1) is 14.9. The van der Waals surface area contributed by atoms with E-state index in [1.54, 1.807) is 4.57 Å². The number of amides is 1. The number of benzene rings is 1. The molecule has 1 saturated heterocycles. The number of ether oxygens (including phenoxy) is 1. The molecular formula is C21H26N6O2S2.